The van der Waals surface area contributed by atoms with Gasteiger partial charge in [0, 0.05) is 41.2 Å². The number of fused-ring (bicyclic) bond motifs is 2. The molecular weight excluding hydrogens is 556 g/mol. The first-order valence-corrected chi connectivity index (χ1v) is 13.1. The van der Waals surface area contributed by atoms with Gasteiger partial charge in [-0.15, -0.1) is 0 Å². The lowest BCUT2D eigenvalue weighted by molar-refractivity contribution is -0.270. The zero-order valence-corrected chi connectivity index (χ0v) is 22.5. The number of ketones is 1. The smallest absolute Gasteiger partial charge is 0.422 e. The Morgan fingerprint density at radius 3 is 2.60 bits per heavy atom. The Balaban J connectivity index is 1.54. The maximum atomic E-state index is 14.6. The molecule has 2 atom stereocenters. The second-order valence-corrected chi connectivity index (χ2v) is 10.5. The van der Waals surface area contributed by atoms with E-state index in [9.17, 15) is 27.5 Å². The van der Waals surface area contributed by atoms with Crippen molar-refractivity contribution in [2.75, 3.05) is 25.1 Å². The van der Waals surface area contributed by atoms with Crippen LogP contribution in [0.5, 0.6) is 5.75 Å². The molecule has 2 aromatic heterocycles. The first-order valence-electron chi connectivity index (χ1n) is 13.1. The maximum Gasteiger partial charge on any atom is 0.422 e. The number of nitrogens with two attached hydrogens (primary N) is 1. The van der Waals surface area contributed by atoms with Crippen molar-refractivity contribution in [2.45, 2.75) is 37.1 Å². The molecular formula is C30H28F4N4O4. The van der Waals surface area contributed by atoms with Gasteiger partial charge >= 0.3 is 6.18 Å². The number of alkyl halides is 3. The van der Waals surface area contributed by atoms with Gasteiger partial charge in [-0.1, -0.05) is 6.07 Å². The minimum Gasteiger partial charge on any atom is -0.489 e. The molecule has 5 rings (SSSR count). The topological polar surface area (TPSA) is 131 Å². The van der Waals surface area contributed by atoms with Gasteiger partial charge in [-0.25, -0.2) is 9.37 Å². The van der Waals surface area contributed by atoms with Crippen molar-refractivity contribution >= 4 is 22.4 Å². The molecule has 0 radical (unpaired) electrons. The third-order valence-corrected chi connectivity index (χ3v) is 7.33. The van der Waals surface area contributed by atoms with Gasteiger partial charge in [-0.05, 0) is 61.9 Å². The first-order chi connectivity index (χ1) is 19.8. The van der Waals surface area contributed by atoms with Crippen molar-refractivity contribution in [3.05, 3.63) is 83.4 Å². The van der Waals surface area contributed by atoms with E-state index in [0.717, 1.165) is 18.2 Å². The number of aromatic nitrogens is 2. The second-order valence-electron chi connectivity index (χ2n) is 10.5. The normalized spacial score (nSPS) is 17.9. The van der Waals surface area contributed by atoms with Crippen molar-refractivity contribution in [3.8, 4) is 17.0 Å². The molecule has 220 valence electrons. The Labute approximate surface area is 238 Å². The molecule has 12 heteroatoms. The summed E-state index contributed by atoms with van der Waals surface area (Å²) in [6, 6.07) is 12.3. The predicted molar refractivity (Wildman–Crippen MR) is 148 cm³/mol. The van der Waals surface area contributed by atoms with Crippen LogP contribution in [0, 0.1) is 5.82 Å². The number of ether oxygens (including phenoxy) is 1. The number of aliphatic hydroxyl groups is 2. The standard InChI is InChI=1S/C30H28F4N4O4/c1-28(35)16-37-27-21(28)15-24(38-26(27)17-4-6-20(31)7-5-17)29(41,30(32,33)34)9-8-22(40)19-13-18-3-2-10-36-25(18)23(14-19)42-12-11-39/h2-7,10,13-15,37,39,41H,8-9,11-12,16,35H2,1H3/t28-,29-/m1/s1. The minimum atomic E-state index is -5.21. The fourth-order valence-electron chi connectivity index (χ4n) is 5.01. The van der Waals surface area contributed by atoms with Gasteiger partial charge in [0.25, 0.3) is 0 Å². The lowest BCUT2D eigenvalue weighted by atomic mass is 9.86. The van der Waals surface area contributed by atoms with Gasteiger partial charge in [0.2, 0.25) is 5.60 Å². The average molecular weight is 585 g/mol. The van der Waals surface area contributed by atoms with Gasteiger partial charge in [0.05, 0.1) is 29.2 Å². The highest BCUT2D eigenvalue weighted by molar-refractivity contribution is 6.01. The Hall–Kier alpha value is -4.13. The fourth-order valence-corrected chi connectivity index (χ4v) is 5.01. The van der Waals surface area contributed by atoms with Crippen LogP contribution in [0.1, 0.15) is 41.4 Å². The molecule has 0 bridgehead atoms. The zero-order chi connectivity index (χ0) is 30.3. The summed E-state index contributed by atoms with van der Waals surface area (Å²) in [6.45, 7) is 1.45. The van der Waals surface area contributed by atoms with Gasteiger partial charge in [0.1, 0.15) is 23.7 Å². The van der Waals surface area contributed by atoms with Crippen LogP contribution in [0.3, 0.4) is 0 Å². The Morgan fingerprint density at radius 2 is 1.90 bits per heavy atom. The Kier molecular flexibility index (Phi) is 7.64. The van der Waals surface area contributed by atoms with E-state index in [4.69, 9.17) is 15.6 Å². The number of pyridine rings is 2. The number of rotatable bonds is 9. The number of halogens is 4. The molecule has 4 aromatic rings. The molecule has 5 N–H and O–H groups in total. The maximum absolute atomic E-state index is 14.6. The van der Waals surface area contributed by atoms with Crippen LogP contribution >= 0.6 is 0 Å². The molecule has 0 aliphatic carbocycles. The number of hydrogen-bond acceptors (Lipinski definition) is 8. The molecule has 3 heterocycles. The number of Topliss-reactive ketones (excluding diaryl/α,β-unsaturated/α-hetero) is 1. The molecule has 1 aliphatic heterocycles. The summed E-state index contributed by atoms with van der Waals surface area (Å²) in [4.78, 5) is 21.7. The molecule has 8 nitrogen and oxygen atoms in total. The van der Waals surface area contributed by atoms with Crippen molar-refractivity contribution in [1.29, 1.82) is 0 Å². The third-order valence-electron chi connectivity index (χ3n) is 7.33. The van der Waals surface area contributed by atoms with Crippen molar-refractivity contribution in [1.82, 2.24) is 9.97 Å². The summed E-state index contributed by atoms with van der Waals surface area (Å²) in [6.07, 6.45) is -5.42. The Morgan fingerprint density at radius 1 is 1.17 bits per heavy atom. The van der Waals surface area contributed by atoms with E-state index in [1.54, 1.807) is 19.1 Å². The quantitative estimate of drug-likeness (QED) is 0.163. The molecule has 0 amide bonds. The van der Waals surface area contributed by atoms with E-state index in [0.29, 0.717) is 27.7 Å². The molecule has 0 fully saturated rings. The number of hydrogen-bond donors (Lipinski definition) is 4. The molecule has 0 saturated carbocycles. The number of benzene rings is 2. The number of carbonyl (C=O) groups is 1. The van der Waals surface area contributed by atoms with E-state index in [-0.39, 0.29) is 36.8 Å². The van der Waals surface area contributed by atoms with Gasteiger partial charge in [0.15, 0.2) is 5.78 Å². The van der Waals surface area contributed by atoms with Crippen LogP contribution in [0.15, 0.2) is 60.8 Å². The van der Waals surface area contributed by atoms with E-state index in [2.05, 4.69) is 15.3 Å². The zero-order valence-electron chi connectivity index (χ0n) is 22.5. The van der Waals surface area contributed by atoms with Crippen LogP contribution in [0.4, 0.5) is 23.2 Å². The van der Waals surface area contributed by atoms with Gasteiger partial charge < -0.3 is 26.0 Å². The summed E-state index contributed by atoms with van der Waals surface area (Å²) in [5.74, 6) is -1.03. The molecule has 1 aliphatic rings. The number of nitrogens with one attached hydrogen (secondary N) is 1. The van der Waals surface area contributed by atoms with Gasteiger partial charge in [-0.2, -0.15) is 13.2 Å². The summed E-state index contributed by atoms with van der Waals surface area (Å²) in [5.41, 5.74) is 2.59. The van der Waals surface area contributed by atoms with E-state index in [1.807, 2.05) is 0 Å². The highest BCUT2D eigenvalue weighted by Crippen LogP contribution is 2.47. The van der Waals surface area contributed by atoms with E-state index in [1.165, 1.54) is 30.5 Å². The lowest BCUT2D eigenvalue weighted by Crippen LogP contribution is -2.44. The SMILES string of the molecule is C[C@@]1(N)CNc2c1cc([C@](O)(CCC(=O)c1cc(OCCO)c3ncccc3c1)C(F)(F)F)nc2-c1ccc(F)cc1. The van der Waals surface area contributed by atoms with Crippen molar-refractivity contribution < 1.29 is 37.3 Å². The first kappa shape index (κ1) is 29.4. The van der Waals surface area contributed by atoms with E-state index < -0.39 is 47.5 Å². The van der Waals surface area contributed by atoms with Crippen LogP contribution in [0.25, 0.3) is 22.2 Å². The molecule has 0 saturated heterocycles. The van der Waals surface area contributed by atoms with Gasteiger partial charge in [-0.3, -0.25) is 9.78 Å². The lowest BCUT2D eigenvalue weighted by Gasteiger charge is -2.31. The summed E-state index contributed by atoms with van der Waals surface area (Å²) in [5, 5.41) is 24.0. The van der Waals surface area contributed by atoms with Crippen LogP contribution < -0.4 is 15.8 Å². The third kappa shape index (κ3) is 5.40. The number of carbonyl (C=O) groups excluding carboxylic acids is 1. The average Bonchev–Trinajstić information content (AvgIpc) is 3.27. The fraction of sp³-hybridized carbons (Fsp3) is 0.300. The molecule has 0 unspecified atom stereocenters. The van der Waals surface area contributed by atoms with Crippen LogP contribution in [-0.4, -0.2) is 51.9 Å². The number of aliphatic hydroxyl groups excluding tert-OH is 1. The largest absolute Gasteiger partial charge is 0.489 e. The summed E-state index contributed by atoms with van der Waals surface area (Å²) in [7, 11) is 0. The van der Waals surface area contributed by atoms with Crippen LogP contribution in [-0.2, 0) is 11.1 Å². The van der Waals surface area contributed by atoms with Crippen molar-refractivity contribution in [3.63, 3.8) is 0 Å². The molecule has 42 heavy (non-hydrogen) atoms. The number of nitrogens with zero attached hydrogens (tertiary/aromatic N) is 2. The molecule has 2 aromatic carbocycles. The minimum absolute atomic E-state index is 0.0561. The van der Waals surface area contributed by atoms with E-state index >= 15 is 0 Å². The monoisotopic (exact) mass is 584 g/mol. The molecule has 0 spiro atoms. The van der Waals surface area contributed by atoms with Crippen molar-refractivity contribution in [2.24, 2.45) is 5.73 Å². The summed E-state index contributed by atoms with van der Waals surface area (Å²) < 4.78 is 63.0. The summed E-state index contributed by atoms with van der Waals surface area (Å²) >= 11 is 0. The highest BCUT2D eigenvalue weighted by Gasteiger charge is 2.56. The van der Waals surface area contributed by atoms with Crippen LogP contribution in [0.2, 0.25) is 0 Å². The number of anilines is 1. The Bertz CT molecular complexity index is 1640. The predicted octanol–water partition coefficient (Wildman–Crippen LogP) is 4.82. The second kappa shape index (κ2) is 10.9. The highest BCUT2D eigenvalue weighted by atomic mass is 19.4.